The van der Waals surface area contributed by atoms with Crippen LogP contribution in [-0.4, -0.2) is 35.1 Å². The van der Waals surface area contributed by atoms with Crippen LogP contribution in [0.1, 0.15) is 6.92 Å². The molecule has 1 atom stereocenters. The number of aromatic nitrogens is 2. The first-order valence-corrected chi connectivity index (χ1v) is 6.20. The average Bonchev–Trinajstić information content (AvgIpc) is 2.39. The molecule has 1 aliphatic heterocycles. The molecule has 3 rings (SSSR count). The number of nitrogens with one attached hydrogen (secondary N) is 1. The smallest absolute Gasteiger partial charge is 0.257 e. The van der Waals surface area contributed by atoms with Crippen molar-refractivity contribution >= 4 is 11.3 Å². The summed E-state index contributed by atoms with van der Waals surface area (Å²) >= 11 is 0. The fourth-order valence-corrected chi connectivity index (χ4v) is 2.37. The summed E-state index contributed by atoms with van der Waals surface area (Å²) in [4.78, 5) is 18.2. The Labute approximate surface area is 105 Å². The van der Waals surface area contributed by atoms with Gasteiger partial charge in [0, 0.05) is 44.1 Å². The van der Waals surface area contributed by atoms with Crippen LogP contribution in [0.3, 0.4) is 0 Å². The number of hydrogen-bond donors (Lipinski definition) is 1. The molecule has 1 N–H and O–H groups in total. The zero-order chi connectivity index (χ0) is 12.5. The summed E-state index contributed by atoms with van der Waals surface area (Å²) < 4.78 is 1.60. The van der Waals surface area contributed by atoms with Gasteiger partial charge in [0.05, 0.1) is 5.69 Å². The van der Waals surface area contributed by atoms with Gasteiger partial charge < -0.3 is 10.2 Å². The maximum absolute atomic E-state index is 11.8. The topological polar surface area (TPSA) is 49.6 Å². The Bertz CT molecular complexity index is 622. The van der Waals surface area contributed by atoms with Crippen molar-refractivity contribution in [3.05, 3.63) is 40.9 Å². The number of anilines is 1. The molecule has 2 aromatic rings. The minimum atomic E-state index is -0.0370. The van der Waals surface area contributed by atoms with E-state index >= 15 is 0 Å². The first-order chi connectivity index (χ1) is 8.74. The van der Waals surface area contributed by atoms with Crippen LogP contribution in [0.25, 0.3) is 5.65 Å². The van der Waals surface area contributed by atoms with Crippen LogP contribution in [0.5, 0.6) is 0 Å². The van der Waals surface area contributed by atoms with Crippen molar-refractivity contribution < 1.29 is 0 Å². The molecule has 0 aliphatic carbocycles. The molecule has 1 saturated heterocycles. The number of rotatable bonds is 1. The quantitative estimate of drug-likeness (QED) is 0.793. The molecule has 18 heavy (non-hydrogen) atoms. The summed E-state index contributed by atoms with van der Waals surface area (Å²) in [6.45, 7) is 5.06. The molecule has 0 bridgehead atoms. The molecule has 1 aliphatic rings. The Balaban J connectivity index is 2.02. The van der Waals surface area contributed by atoms with Crippen molar-refractivity contribution in [2.45, 2.75) is 13.0 Å². The monoisotopic (exact) mass is 244 g/mol. The van der Waals surface area contributed by atoms with E-state index in [1.807, 2.05) is 18.3 Å². The van der Waals surface area contributed by atoms with Crippen LogP contribution in [0, 0.1) is 0 Å². The van der Waals surface area contributed by atoms with Gasteiger partial charge in [-0.2, -0.15) is 0 Å². The van der Waals surface area contributed by atoms with E-state index in [0.717, 1.165) is 25.3 Å². The summed E-state index contributed by atoms with van der Waals surface area (Å²) in [6.07, 6.45) is 3.42. The number of pyridine rings is 1. The number of fused-ring (bicyclic) bond motifs is 1. The van der Waals surface area contributed by atoms with Gasteiger partial charge in [0.2, 0.25) is 0 Å². The van der Waals surface area contributed by atoms with E-state index in [1.54, 1.807) is 10.6 Å². The third kappa shape index (κ3) is 1.97. The Morgan fingerprint density at radius 3 is 3.11 bits per heavy atom. The Kier molecular flexibility index (Phi) is 2.76. The molecule has 0 spiro atoms. The van der Waals surface area contributed by atoms with E-state index in [-0.39, 0.29) is 5.56 Å². The van der Waals surface area contributed by atoms with Gasteiger partial charge in [0.1, 0.15) is 5.65 Å². The Morgan fingerprint density at radius 2 is 2.28 bits per heavy atom. The van der Waals surface area contributed by atoms with Crippen molar-refractivity contribution in [2.75, 3.05) is 24.5 Å². The summed E-state index contributed by atoms with van der Waals surface area (Å²) in [5, 5.41) is 3.41. The molecule has 0 unspecified atom stereocenters. The molecule has 1 fully saturated rings. The lowest BCUT2D eigenvalue weighted by Gasteiger charge is -2.33. The van der Waals surface area contributed by atoms with Crippen molar-refractivity contribution in [1.29, 1.82) is 0 Å². The number of nitrogens with zero attached hydrogens (tertiary/aromatic N) is 3. The lowest BCUT2D eigenvalue weighted by Crippen LogP contribution is -2.49. The number of piperazine rings is 1. The Hall–Kier alpha value is -1.88. The van der Waals surface area contributed by atoms with E-state index in [9.17, 15) is 4.79 Å². The van der Waals surface area contributed by atoms with Crippen molar-refractivity contribution in [2.24, 2.45) is 0 Å². The first kappa shape index (κ1) is 11.2. The molecular formula is C13H16N4O. The molecule has 0 amide bonds. The van der Waals surface area contributed by atoms with Crippen molar-refractivity contribution in [3.63, 3.8) is 0 Å². The summed E-state index contributed by atoms with van der Waals surface area (Å²) in [6, 6.07) is 5.88. The van der Waals surface area contributed by atoms with E-state index in [4.69, 9.17) is 0 Å². The zero-order valence-corrected chi connectivity index (χ0v) is 10.3. The molecule has 2 aromatic heterocycles. The molecule has 0 radical (unpaired) electrons. The van der Waals surface area contributed by atoms with Crippen LogP contribution in [-0.2, 0) is 0 Å². The van der Waals surface area contributed by atoms with E-state index in [2.05, 4.69) is 22.1 Å². The van der Waals surface area contributed by atoms with Gasteiger partial charge in [-0.1, -0.05) is 0 Å². The minimum absolute atomic E-state index is 0.0370. The molecule has 5 heteroatoms. The van der Waals surface area contributed by atoms with Crippen molar-refractivity contribution in [1.82, 2.24) is 14.7 Å². The fourth-order valence-electron chi connectivity index (χ4n) is 2.37. The predicted molar refractivity (Wildman–Crippen MR) is 71.1 cm³/mol. The van der Waals surface area contributed by atoms with Gasteiger partial charge in [-0.3, -0.25) is 9.20 Å². The lowest BCUT2D eigenvalue weighted by molar-refractivity contribution is 0.484. The van der Waals surface area contributed by atoms with Crippen LogP contribution in [0.2, 0.25) is 0 Å². The van der Waals surface area contributed by atoms with Gasteiger partial charge >= 0.3 is 0 Å². The minimum Gasteiger partial charge on any atom is -0.368 e. The summed E-state index contributed by atoms with van der Waals surface area (Å²) in [5.41, 5.74) is 1.73. The van der Waals surface area contributed by atoms with E-state index in [1.165, 1.54) is 6.07 Å². The van der Waals surface area contributed by atoms with Crippen LogP contribution >= 0.6 is 0 Å². The van der Waals surface area contributed by atoms with E-state index in [0.29, 0.717) is 11.7 Å². The molecule has 94 valence electrons. The number of hydrogen-bond acceptors (Lipinski definition) is 4. The van der Waals surface area contributed by atoms with Gasteiger partial charge in [-0.05, 0) is 19.1 Å². The third-order valence-corrected chi connectivity index (χ3v) is 3.31. The third-order valence-electron chi connectivity index (χ3n) is 3.31. The van der Waals surface area contributed by atoms with Crippen LogP contribution in [0.15, 0.2) is 35.4 Å². The largest absolute Gasteiger partial charge is 0.368 e. The first-order valence-electron chi connectivity index (χ1n) is 6.20. The highest BCUT2D eigenvalue weighted by Gasteiger charge is 2.16. The highest BCUT2D eigenvalue weighted by Crippen LogP contribution is 2.15. The van der Waals surface area contributed by atoms with Crippen molar-refractivity contribution in [3.8, 4) is 0 Å². The van der Waals surface area contributed by atoms with Crippen LogP contribution in [0.4, 0.5) is 5.69 Å². The predicted octanol–water partition coefficient (Wildman–Crippen LogP) is 0.493. The summed E-state index contributed by atoms with van der Waals surface area (Å²) in [7, 11) is 0. The molecule has 3 heterocycles. The average molecular weight is 244 g/mol. The zero-order valence-electron chi connectivity index (χ0n) is 10.3. The van der Waals surface area contributed by atoms with Gasteiger partial charge in [0.25, 0.3) is 5.56 Å². The lowest BCUT2D eigenvalue weighted by atomic mass is 10.2. The molecule has 0 saturated carbocycles. The second-order valence-electron chi connectivity index (χ2n) is 4.70. The SMILES string of the molecule is C[C@@H]1CN(c2ccc3nccc(=O)n3c2)CCN1. The highest BCUT2D eigenvalue weighted by atomic mass is 16.1. The molecular weight excluding hydrogens is 228 g/mol. The maximum Gasteiger partial charge on any atom is 0.257 e. The van der Waals surface area contributed by atoms with Gasteiger partial charge in [-0.15, -0.1) is 0 Å². The van der Waals surface area contributed by atoms with Gasteiger partial charge in [0.15, 0.2) is 0 Å². The van der Waals surface area contributed by atoms with Gasteiger partial charge in [-0.25, -0.2) is 4.98 Å². The van der Waals surface area contributed by atoms with E-state index < -0.39 is 0 Å². The normalized spacial score (nSPS) is 20.3. The maximum atomic E-state index is 11.8. The second kappa shape index (κ2) is 4.42. The molecule has 5 nitrogen and oxygen atoms in total. The standard InChI is InChI=1S/C13H16N4O/c1-10-8-16(7-6-14-10)11-2-3-12-15-5-4-13(18)17(12)9-11/h2-5,9-10,14H,6-8H2,1H3/t10-/m1/s1. The highest BCUT2D eigenvalue weighted by molar-refractivity contribution is 5.51. The summed E-state index contributed by atoms with van der Waals surface area (Å²) in [5.74, 6) is 0. The second-order valence-corrected chi connectivity index (χ2v) is 4.70. The Morgan fingerprint density at radius 1 is 1.39 bits per heavy atom. The molecule has 0 aromatic carbocycles. The van der Waals surface area contributed by atoms with Crippen LogP contribution < -0.4 is 15.8 Å². The fraction of sp³-hybridized carbons (Fsp3) is 0.385.